The molecule has 4 nitrogen and oxygen atoms in total. The van der Waals surface area contributed by atoms with Gasteiger partial charge in [0.1, 0.15) is 11.3 Å². The largest absolute Gasteiger partial charge is 0.447 e. The van der Waals surface area contributed by atoms with Gasteiger partial charge in [0, 0.05) is 57.6 Å². The molecule has 54 heavy (non-hydrogen) atoms. The summed E-state index contributed by atoms with van der Waals surface area (Å²) < 4.78 is 13.4. The average Bonchev–Trinajstić information content (AvgIpc) is 3.95. The minimum absolute atomic E-state index is 0.301. The molecule has 0 saturated carbocycles. The molecular weight excluding hydrogens is 699 g/mol. The summed E-state index contributed by atoms with van der Waals surface area (Å²) >= 11 is 3.64. The Hall–Kier alpha value is -6.52. The number of aromatic nitrogens is 3. The van der Waals surface area contributed by atoms with E-state index in [-0.39, 0.29) is 0 Å². The topological polar surface area (TPSA) is 43.9 Å². The monoisotopic (exact) mass is 721 g/mol. The lowest BCUT2D eigenvalue weighted by Crippen LogP contribution is -2.36. The average molecular weight is 722 g/mol. The van der Waals surface area contributed by atoms with Crippen LogP contribution in [-0.2, 0) is 0 Å². The minimum atomic E-state index is 0.301. The van der Waals surface area contributed by atoms with Gasteiger partial charge in [0.2, 0.25) is 5.95 Å². The van der Waals surface area contributed by atoms with Crippen LogP contribution in [0, 0.1) is 18.1 Å². The molecule has 1 unspecified atom stereocenters. The fraction of sp³-hybridized carbons (Fsp3) is 0.0417. The number of hydrogen-bond acceptors (Lipinski definition) is 5. The van der Waals surface area contributed by atoms with E-state index in [1.54, 1.807) is 11.3 Å². The predicted octanol–water partition coefficient (Wildman–Crippen LogP) is 11.4. The summed E-state index contributed by atoms with van der Waals surface area (Å²) in [6.07, 6.45) is 10.4. The molecule has 248 valence electrons. The molecule has 0 radical (unpaired) electrons. The molecule has 14 rings (SSSR count). The highest BCUT2D eigenvalue weighted by Gasteiger charge is 2.33. The Balaban J connectivity index is 1.16. The Bertz CT molecular complexity index is 3770. The molecule has 5 aromatic heterocycles. The first-order valence-electron chi connectivity index (χ1n) is 18.3. The molecule has 11 aromatic rings. The molecule has 3 aliphatic carbocycles. The zero-order chi connectivity index (χ0) is 34.8. The van der Waals surface area contributed by atoms with Gasteiger partial charge in [-0.25, -0.2) is 9.97 Å². The van der Waals surface area contributed by atoms with Crippen molar-refractivity contribution >= 4 is 124 Å². The van der Waals surface area contributed by atoms with Crippen molar-refractivity contribution < 1.29 is 4.42 Å². The first-order valence-corrected chi connectivity index (χ1v) is 19.9. The van der Waals surface area contributed by atoms with Gasteiger partial charge in [-0.15, -0.1) is 22.7 Å². The SMILES string of the molecule is c1c(-c2nc(-n3c4c5c6c7c(ccc63)sc3cc6ccccc6c(c37)C3=CC=CC(CC=4)C=53)nc3c2sc2ccccc23)cc2c(c#1)oc1ccccc12. The predicted molar refractivity (Wildman–Crippen MR) is 225 cm³/mol. The van der Waals surface area contributed by atoms with Crippen LogP contribution in [0.5, 0.6) is 0 Å². The highest BCUT2D eigenvalue weighted by Crippen LogP contribution is 2.50. The summed E-state index contributed by atoms with van der Waals surface area (Å²) in [4.78, 5) is 11.0. The van der Waals surface area contributed by atoms with Crippen molar-refractivity contribution in [2.75, 3.05) is 0 Å². The van der Waals surface area contributed by atoms with Crippen molar-refractivity contribution in [3.8, 4) is 17.2 Å². The number of rotatable bonds is 2. The third-order valence-corrected chi connectivity index (χ3v) is 14.2. The first kappa shape index (κ1) is 28.0. The second-order valence-corrected chi connectivity index (χ2v) is 16.7. The third-order valence-electron chi connectivity index (χ3n) is 11.9. The number of thiophene rings is 2. The van der Waals surface area contributed by atoms with Crippen molar-refractivity contribution in [3.05, 3.63) is 144 Å². The van der Waals surface area contributed by atoms with Gasteiger partial charge in [-0.3, -0.25) is 4.57 Å². The summed E-state index contributed by atoms with van der Waals surface area (Å²) in [5, 5.41) is 12.4. The fourth-order valence-corrected chi connectivity index (χ4v) is 12.0. The number of fused-ring (bicyclic) bond motifs is 9. The Labute approximate surface area is 314 Å². The van der Waals surface area contributed by atoms with Crippen LogP contribution in [0.3, 0.4) is 0 Å². The lowest BCUT2D eigenvalue weighted by molar-refractivity contribution is 0.669. The van der Waals surface area contributed by atoms with Crippen LogP contribution in [0.1, 0.15) is 12.0 Å². The van der Waals surface area contributed by atoms with Gasteiger partial charge >= 0.3 is 0 Å². The Morgan fingerprint density at radius 1 is 0.741 bits per heavy atom. The molecule has 0 N–H and O–H groups in total. The van der Waals surface area contributed by atoms with E-state index >= 15 is 0 Å². The van der Waals surface area contributed by atoms with Crippen LogP contribution >= 0.6 is 22.7 Å². The van der Waals surface area contributed by atoms with Gasteiger partial charge in [-0.05, 0) is 76.4 Å². The molecule has 3 aliphatic rings. The molecule has 0 fully saturated rings. The molecule has 0 bridgehead atoms. The Morgan fingerprint density at radius 3 is 2.57 bits per heavy atom. The maximum atomic E-state index is 6.16. The molecule has 5 heterocycles. The van der Waals surface area contributed by atoms with Crippen LogP contribution in [0.2, 0.25) is 0 Å². The number of benzene rings is 5. The summed E-state index contributed by atoms with van der Waals surface area (Å²) in [6, 6.07) is 41.7. The van der Waals surface area contributed by atoms with Crippen LogP contribution in [0.15, 0.2) is 120 Å². The number of furan rings is 1. The van der Waals surface area contributed by atoms with E-state index < -0.39 is 0 Å². The lowest BCUT2D eigenvalue weighted by atomic mass is 9.79. The van der Waals surface area contributed by atoms with E-state index in [9.17, 15) is 0 Å². The summed E-state index contributed by atoms with van der Waals surface area (Å²) in [5.74, 6) is 0.977. The van der Waals surface area contributed by atoms with E-state index in [2.05, 4.69) is 126 Å². The smallest absolute Gasteiger partial charge is 0.235 e. The van der Waals surface area contributed by atoms with Gasteiger partial charge in [-0.1, -0.05) is 91.0 Å². The van der Waals surface area contributed by atoms with Crippen molar-refractivity contribution in [1.29, 1.82) is 0 Å². The second-order valence-electron chi connectivity index (χ2n) is 14.6. The zero-order valence-electron chi connectivity index (χ0n) is 28.4. The lowest BCUT2D eigenvalue weighted by Gasteiger charge is -2.25. The minimum Gasteiger partial charge on any atom is -0.447 e. The van der Waals surface area contributed by atoms with Crippen LogP contribution in [0.25, 0.3) is 119 Å². The van der Waals surface area contributed by atoms with Crippen LogP contribution < -0.4 is 10.6 Å². The van der Waals surface area contributed by atoms with Crippen LogP contribution in [-0.4, -0.2) is 14.5 Å². The van der Waals surface area contributed by atoms with Gasteiger partial charge in [-0.2, -0.15) is 0 Å². The molecule has 1 atom stereocenters. The standard InChI is InChI=1S/C48H23N3OS2/c1-2-10-27-25(8-1)23-38-44-40(27)30-13-7-9-24-16-18-32-41(39(24)30)42-33(19-21-37(53-38)43(42)44)51(32)48-49-45(47-46(50-48)29-12-4-6-15-36(29)54-47)26-17-20-35-31(22-26)28-11-3-5-14-34(28)52-35/h1-15,18-19,21-24H,16H2. The highest BCUT2D eigenvalue weighted by atomic mass is 32.1. The second kappa shape index (κ2) is 9.71. The normalized spacial score (nSPS) is 15.9. The molecule has 6 heteroatoms. The third kappa shape index (κ3) is 3.37. The quantitative estimate of drug-likeness (QED) is 0.178. The fourth-order valence-electron chi connectivity index (χ4n) is 9.69. The van der Waals surface area contributed by atoms with E-state index in [1.807, 2.05) is 23.5 Å². The summed E-state index contributed by atoms with van der Waals surface area (Å²) in [7, 11) is 0. The van der Waals surface area contributed by atoms with Gasteiger partial charge in [0.25, 0.3) is 0 Å². The van der Waals surface area contributed by atoms with Crippen molar-refractivity contribution in [1.82, 2.24) is 14.5 Å². The molecular formula is C48H23N3OS2. The highest BCUT2D eigenvalue weighted by molar-refractivity contribution is 7.26. The Kier molecular flexibility index (Phi) is 5.04. The van der Waals surface area contributed by atoms with E-state index in [1.165, 1.54) is 68.3 Å². The molecule has 6 aromatic carbocycles. The van der Waals surface area contributed by atoms with E-state index in [4.69, 9.17) is 14.4 Å². The number of allylic oxidation sites excluding steroid dienone is 4. The summed E-state index contributed by atoms with van der Waals surface area (Å²) in [5.41, 5.74) is 9.54. The molecule has 0 saturated heterocycles. The molecule has 0 amide bonds. The molecule has 0 aliphatic heterocycles. The summed E-state index contributed by atoms with van der Waals surface area (Å²) in [6.45, 7) is 0. The van der Waals surface area contributed by atoms with E-state index in [0.29, 0.717) is 17.4 Å². The molecule has 0 spiro atoms. The van der Waals surface area contributed by atoms with Crippen molar-refractivity contribution in [2.45, 2.75) is 6.42 Å². The van der Waals surface area contributed by atoms with Gasteiger partial charge in [0.05, 0.1) is 26.6 Å². The van der Waals surface area contributed by atoms with Crippen molar-refractivity contribution in [2.24, 2.45) is 5.92 Å². The maximum absolute atomic E-state index is 6.16. The maximum Gasteiger partial charge on any atom is 0.235 e. The van der Waals surface area contributed by atoms with E-state index in [0.717, 1.165) is 55.2 Å². The number of nitrogens with zero attached hydrogens (tertiary/aromatic N) is 3. The zero-order valence-corrected chi connectivity index (χ0v) is 30.0. The number of hydrogen-bond donors (Lipinski definition) is 0. The Morgan fingerprint density at radius 2 is 1.61 bits per heavy atom. The first-order chi connectivity index (χ1) is 26.8. The van der Waals surface area contributed by atoms with Crippen molar-refractivity contribution in [3.63, 3.8) is 0 Å². The number of para-hydroxylation sites is 1. The van der Waals surface area contributed by atoms with Gasteiger partial charge < -0.3 is 4.42 Å². The van der Waals surface area contributed by atoms with Gasteiger partial charge in [0.15, 0.2) is 5.58 Å². The van der Waals surface area contributed by atoms with Crippen LogP contribution in [0.4, 0.5) is 0 Å².